The highest BCUT2D eigenvalue weighted by Crippen LogP contribution is 2.28. The number of nitrogens with zero attached hydrogens (tertiary/aromatic N) is 1. The summed E-state index contributed by atoms with van der Waals surface area (Å²) < 4.78 is 0. The number of benzene rings is 1. The standard InChI is InChI=1S/C14H15NO2/c1-3-12(11-7-5-4-6-8-11)15-13(16)9-10(2)14(15)17/h4-9,12H,3H2,1-2H3. The predicted molar refractivity (Wildman–Crippen MR) is 65.1 cm³/mol. The third-order valence-electron chi connectivity index (χ3n) is 3.02. The maximum absolute atomic E-state index is 11.9. The average Bonchev–Trinajstić information content (AvgIpc) is 2.58. The van der Waals surface area contributed by atoms with E-state index in [1.807, 2.05) is 37.3 Å². The van der Waals surface area contributed by atoms with Gasteiger partial charge >= 0.3 is 0 Å². The van der Waals surface area contributed by atoms with Gasteiger partial charge in [0, 0.05) is 11.6 Å². The van der Waals surface area contributed by atoms with Crippen LogP contribution in [0.2, 0.25) is 0 Å². The molecular weight excluding hydrogens is 214 g/mol. The summed E-state index contributed by atoms with van der Waals surface area (Å²) in [4.78, 5) is 25.1. The molecule has 17 heavy (non-hydrogen) atoms. The molecule has 1 heterocycles. The van der Waals surface area contributed by atoms with Crippen molar-refractivity contribution in [3.63, 3.8) is 0 Å². The molecule has 3 nitrogen and oxygen atoms in total. The second-order valence-electron chi connectivity index (χ2n) is 4.18. The lowest BCUT2D eigenvalue weighted by molar-refractivity contribution is -0.140. The molecule has 2 rings (SSSR count). The quantitative estimate of drug-likeness (QED) is 0.746. The van der Waals surface area contributed by atoms with Gasteiger partial charge in [0.15, 0.2) is 0 Å². The number of rotatable bonds is 3. The lowest BCUT2D eigenvalue weighted by Crippen LogP contribution is -2.34. The Labute approximate surface area is 101 Å². The second kappa shape index (κ2) is 4.53. The summed E-state index contributed by atoms with van der Waals surface area (Å²) in [5.74, 6) is -0.381. The molecule has 0 saturated heterocycles. The summed E-state index contributed by atoms with van der Waals surface area (Å²) in [5.41, 5.74) is 1.52. The number of carbonyl (C=O) groups excluding carboxylic acids is 2. The van der Waals surface area contributed by atoms with Crippen LogP contribution in [-0.4, -0.2) is 16.7 Å². The van der Waals surface area contributed by atoms with Crippen molar-refractivity contribution in [2.24, 2.45) is 0 Å². The molecule has 0 saturated carbocycles. The van der Waals surface area contributed by atoms with Gasteiger partial charge in [-0.2, -0.15) is 0 Å². The van der Waals surface area contributed by atoms with E-state index in [4.69, 9.17) is 0 Å². The van der Waals surface area contributed by atoms with E-state index in [0.717, 1.165) is 12.0 Å². The van der Waals surface area contributed by atoms with Gasteiger partial charge in [-0.1, -0.05) is 37.3 Å². The molecule has 2 amide bonds. The maximum atomic E-state index is 11.9. The number of carbonyl (C=O) groups is 2. The van der Waals surface area contributed by atoms with Gasteiger partial charge in [0.1, 0.15) is 0 Å². The van der Waals surface area contributed by atoms with Crippen LogP contribution in [0, 0.1) is 0 Å². The number of imide groups is 1. The molecule has 0 fully saturated rings. The van der Waals surface area contributed by atoms with Crippen LogP contribution in [0.5, 0.6) is 0 Å². The monoisotopic (exact) mass is 229 g/mol. The van der Waals surface area contributed by atoms with Crippen molar-refractivity contribution < 1.29 is 9.59 Å². The van der Waals surface area contributed by atoms with Gasteiger partial charge in [-0.25, -0.2) is 0 Å². The number of amides is 2. The third-order valence-corrected chi connectivity index (χ3v) is 3.02. The van der Waals surface area contributed by atoms with Crippen LogP contribution < -0.4 is 0 Å². The Balaban J connectivity index is 2.33. The van der Waals surface area contributed by atoms with E-state index >= 15 is 0 Å². The fourth-order valence-corrected chi connectivity index (χ4v) is 2.14. The summed E-state index contributed by atoms with van der Waals surface area (Å²) >= 11 is 0. The molecule has 1 unspecified atom stereocenters. The van der Waals surface area contributed by atoms with Crippen LogP contribution in [-0.2, 0) is 9.59 Å². The van der Waals surface area contributed by atoms with Crippen LogP contribution in [0.1, 0.15) is 31.9 Å². The largest absolute Gasteiger partial charge is 0.269 e. The summed E-state index contributed by atoms with van der Waals surface area (Å²) in [6, 6.07) is 9.50. The molecule has 3 heteroatoms. The van der Waals surface area contributed by atoms with Crippen LogP contribution in [0.4, 0.5) is 0 Å². The summed E-state index contributed by atoms with van der Waals surface area (Å²) in [6.45, 7) is 3.66. The van der Waals surface area contributed by atoms with E-state index in [1.165, 1.54) is 11.0 Å². The minimum atomic E-state index is -0.205. The van der Waals surface area contributed by atoms with Gasteiger partial charge in [-0.15, -0.1) is 0 Å². The second-order valence-corrected chi connectivity index (χ2v) is 4.18. The molecule has 88 valence electrons. The van der Waals surface area contributed by atoms with Gasteiger partial charge < -0.3 is 0 Å². The Hall–Kier alpha value is -1.90. The first kappa shape index (κ1) is 11.6. The lowest BCUT2D eigenvalue weighted by atomic mass is 10.0. The highest BCUT2D eigenvalue weighted by Gasteiger charge is 2.34. The van der Waals surface area contributed by atoms with Crippen molar-refractivity contribution in [2.75, 3.05) is 0 Å². The minimum Gasteiger partial charge on any atom is -0.269 e. The van der Waals surface area contributed by atoms with E-state index in [2.05, 4.69) is 0 Å². The van der Waals surface area contributed by atoms with Crippen LogP contribution in [0.3, 0.4) is 0 Å². The van der Waals surface area contributed by atoms with Crippen LogP contribution in [0.25, 0.3) is 0 Å². The van der Waals surface area contributed by atoms with Gasteiger partial charge in [0.05, 0.1) is 6.04 Å². The molecule has 0 spiro atoms. The Morgan fingerprint density at radius 3 is 2.29 bits per heavy atom. The zero-order valence-corrected chi connectivity index (χ0v) is 10.0. The fraction of sp³-hybridized carbons (Fsp3) is 0.286. The summed E-state index contributed by atoms with van der Waals surface area (Å²) in [5, 5.41) is 0. The molecule has 1 atom stereocenters. The predicted octanol–water partition coefficient (Wildman–Crippen LogP) is 2.45. The molecule has 1 aromatic carbocycles. The normalized spacial score (nSPS) is 17.3. The first-order valence-corrected chi connectivity index (χ1v) is 5.76. The van der Waals surface area contributed by atoms with Crippen LogP contribution >= 0.6 is 0 Å². The van der Waals surface area contributed by atoms with Crippen molar-refractivity contribution in [1.29, 1.82) is 0 Å². The number of hydrogen-bond acceptors (Lipinski definition) is 2. The maximum Gasteiger partial charge on any atom is 0.257 e. The molecule has 0 aromatic heterocycles. The molecule has 0 N–H and O–H groups in total. The summed E-state index contributed by atoms with van der Waals surface area (Å²) in [7, 11) is 0. The number of hydrogen-bond donors (Lipinski definition) is 0. The van der Waals surface area contributed by atoms with Gasteiger partial charge in [0.2, 0.25) is 0 Å². The third kappa shape index (κ3) is 2.00. The molecule has 1 aliphatic rings. The Bertz CT molecular complexity index is 476. The first-order chi connectivity index (χ1) is 8.15. The molecule has 0 bridgehead atoms. The van der Waals surface area contributed by atoms with E-state index < -0.39 is 0 Å². The van der Waals surface area contributed by atoms with Crippen molar-refractivity contribution in [2.45, 2.75) is 26.3 Å². The highest BCUT2D eigenvalue weighted by molar-refractivity contribution is 6.16. The SMILES string of the molecule is CCC(c1ccccc1)N1C(=O)C=C(C)C1=O. The Morgan fingerprint density at radius 1 is 1.18 bits per heavy atom. The van der Waals surface area contributed by atoms with Crippen molar-refractivity contribution in [3.8, 4) is 0 Å². The average molecular weight is 229 g/mol. The highest BCUT2D eigenvalue weighted by atomic mass is 16.2. The van der Waals surface area contributed by atoms with Crippen molar-refractivity contribution in [3.05, 3.63) is 47.5 Å². The van der Waals surface area contributed by atoms with E-state index in [9.17, 15) is 9.59 Å². The summed E-state index contributed by atoms with van der Waals surface area (Å²) in [6.07, 6.45) is 2.14. The Morgan fingerprint density at radius 2 is 1.82 bits per heavy atom. The van der Waals surface area contributed by atoms with Gasteiger partial charge in [-0.05, 0) is 18.9 Å². The molecule has 0 aliphatic carbocycles. The van der Waals surface area contributed by atoms with Gasteiger partial charge in [0.25, 0.3) is 11.8 Å². The first-order valence-electron chi connectivity index (χ1n) is 5.76. The zero-order valence-electron chi connectivity index (χ0n) is 10.0. The smallest absolute Gasteiger partial charge is 0.257 e. The zero-order chi connectivity index (χ0) is 12.4. The van der Waals surface area contributed by atoms with Gasteiger partial charge in [-0.3, -0.25) is 14.5 Å². The fourth-order valence-electron chi connectivity index (χ4n) is 2.14. The van der Waals surface area contributed by atoms with Crippen LogP contribution in [0.15, 0.2) is 42.0 Å². The molecule has 1 aliphatic heterocycles. The molecule has 0 radical (unpaired) electrons. The molecule has 1 aromatic rings. The lowest BCUT2D eigenvalue weighted by Gasteiger charge is -2.25. The minimum absolute atomic E-state index is 0.162. The topological polar surface area (TPSA) is 37.4 Å². The van der Waals surface area contributed by atoms with Crippen molar-refractivity contribution in [1.82, 2.24) is 4.90 Å². The molecular formula is C14H15NO2. The van der Waals surface area contributed by atoms with E-state index in [-0.39, 0.29) is 17.9 Å². The van der Waals surface area contributed by atoms with Crippen molar-refractivity contribution >= 4 is 11.8 Å². The Kier molecular flexibility index (Phi) is 3.09. The van der Waals surface area contributed by atoms with E-state index in [0.29, 0.717) is 5.57 Å². The van der Waals surface area contributed by atoms with E-state index in [1.54, 1.807) is 6.92 Å².